The number of carbonyl (C=O) groups is 3. The molecule has 2 aliphatic rings. The fourth-order valence-corrected chi connectivity index (χ4v) is 2.66. The number of fused-ring (bicyclic) bond motifs is 1. The molecular weight excluding hydrogens is 272 g/mol. The first-order valence-corrected chi connectivity index (χ1v) is 6.75. The van der Waals surface area contributed by atoms with Gasteiger partial charge in [-0.2, -0.15) is 0 Å². The summed E-state index contributed by atoms with van der Waals surface area (Å²) in [6.07, 6.45) is 1.08. The quantitative estimate of drug-likeness (QED) is 0.537. The van der Waals surface area contributed by atoms with Crippen molar-refractivity contribution in [2.45, 2.75) is 25.3 Å². The van der Waals surface area contributed by atoms with E-state index in [0.717, 1.165) is 10.5 Å². The van der Waals surface area contributed by atoms with E-state index in [-0.39, 0.29) is 17.7 Å². The summed E-state index contributed by atoms with van der Waals surface area (Å²) < 4.78 is 0. The Morgan fingerprint density at radius 1 is 1.33 bits per heavy atom. The number of benzene rings is 1. The number of anilines is 3. The summed E-state index contributed by atoms with van der Waals surface area (Å²) in [5.41, 5.74) is 8.61. The molecule has 1 aromatic carbocycles. The normalized spacial score (nSPS) is 21.3. The third-order valence-electron chi connectivity index (χ3n) is 3.88. The summed E-state index contributed by atoms with van der Waals surface area (Å²) in [6.45, 7) is 0. The summed E-state index contributed by atoms with van der Waals surface area (Å²) in [5, 5.41) is 5.82. The summed E-state index contributed by atoms with van der Waals surface area (Å²) in [7, 11) is 1.48. The summed E-state index contributed by atoms with van der Waals surface area (Å²) in [4.78, 5) is 36.0. The number of piperidine rings is 1. The zero-order valence-electron chi connectivity index (χ0n) is 11.6. The van der Waals surface area contributed by atoms with Gasteiger partial charge in [-0.25, -0.2) is 0 Å². The molecule has 0 radical (unpaired) electrons. The molecule has 0 spiro atoms. The van der Waals surface area contributed by atoms with Crippen molar-refractivity contribution in [2.75, 3.05) is 23.4 Å². The molecule has 1 fully saturated rings. The lowest BCUT2D eigenvalue weighted by Crippen LogP contribution is -2.48. The van der Waals surface area contributed by atoms with Crippen LogP contribution >= 0.6 is 0 Å². The van der Waals surface area contributed by atoms with Gasteiger partial charge in [0.1, 0.15) is 6.04 Å². The Morgan fingerprint density at radius 3 is 2.86 bits per heavy atom. The Balaban J connectivity index is 1.83. The molecule has 0 saturated carbocycles. The number of hydrogen-bond acceptors (Lipinski definition) is 5. The number of imide groups is 1. The lowest BCUT2D eigenvalue weighted by molar-refractivity contribution is -0.146. The van der Waals surface area contributed by atoms with Gasteiger partial charge < -0.3 is 16.4 Å². The maximum atomic E-state index is 12.1. The van der Waals surface area contributed by atoms with Crippen LogP contribution in [0.3, 0.4) is 0 Å². The average molecular weight is 288 g/mol. The van der Waals surface area contributed by atoms with E-state index in [9.17, 15) is 14.4 Å². The standard InChI is InChI=1S/C14H16N4O3/c1-18-13(20)3-2-9(14(18)21)16-11-6-10-7(4-8(11)15)5-12(19)17-10/h4,6,9,16H,2-3,5,15H2,1H3,(H,17,19). The van der Waals surface area contributed by atoms with Crippen molar-refractivity contribution in [2.24, 2.45) is 0 Å². The highest BCUT2D eigenvalue weighted by Gasteiger charge is 2.32. The van der Waals surface area contributed by atoms with E-state index in [2.05, 4.69) is 10.6 Å². The second-order valence-corrected chi connectivity index (χ2v) is 5.35. The van der Waals surface area contributed by atoms with Gasteiger partial charge in [-0.3, -0.25) is 19.3 Å². The Kier molecular flexibility index (Phi) is 3.04. The van der Waals surface area contributed by atoms with Gasteiger partial charge in [0.25, 0.3) is 5.91 Å². The van der Waals surface area contributed by atoms with Crippen LogP contribution in [-0.2, 0) is 20.8 Å². The highest BCUT2D eigenvalue weighted by molar-refractivity contribution is 6.03. The fourth-order valence-electron chi connectivity index (χ4n) is 2.66. The van der Waals surface area contributed by atoms with E-state index in [1.807, 2.05) is 0 Å². The van der Waals surface area contributed by atoms with Crippen molar-refractivity contribution in [3.8, 4) is 0 Å². The van der Waals surface area contributed by atoms with Crippen LogP contribution in [0.4, 0.5) is 17.1 Å². The Morgan fingerprint density at radius 2 is 2.10 bits per heavy atom. The number of nitrogens with one attached hydrogen (secondary N) is 2. The monoisotopic (exact) mass is 288 g/mol. The first-order chi connectivity index (χ1) is 9.95. The molecule has 2 aliphatic heterocycles. The minimum atomic E-state index is -0.481. The van der Waals surface area contributed by atoms with Crippen molar-refractivity contribution < 1.29 is 14.4 Å². The number of hydrogen-bond donors (Lipinski definition) is 3. The maximum absolute atomic E-state index is 12.1. The third kappa shape index (κ3) is 2.31. The highest BCUT2D eigenvalue weighted by atomic mass is 16.2. The zero-order valence-corrected chi connectivity index (χ0v) is 11.6. The second-order valence-electron chi connectivity index (χ2n) is 5.35. The van der Waals surface area contributed by atoms with Crippen molar-refractivity contribution in [3.63, 3.8) is 0 Å². The minimum Gasteiger partial charge on any atom is -0.397 e. The van der Waals surface area contributed by atoms with Crippen molar-refractivity contribution in [1.82, 2.24) is 4.90 Å². The van der Waals surface area contributed by atoms with E-state index in [1.165, 1.54) is 7.05 Å². The summed E-state index contributed by atoms with van der Waals surface area (Å²) in [6, 6.07) is 2.99. The molecule has 3 amide bonds. The van der Waals surface area contributed by atoms with Crippen LogP contribution in [0.1, 0.15) is 18.4 Å². The largest absolute Gasteiger partial charge is 0.397 e. The van der Waals surface area contributed by atoms with E-state index < -0.39 is 6.04 Å². The SMILES string of the molecule is CN1C(=O)CCC(Nc2cc3c(cc2N)CC(=O)N3)C1=O. The molecule has 0 aliphatic carbocycles. The van der Waals surface area contributed by atoms with E-state index in [1.54, 1.807) is 12.1 Å². The number of amides is 3. The molecule has 0 aromatic heterocycles. The molecule has 110 valence electrons. The predicted molar refractivity (Wildman–Crippen MR) is 77.6 cm³/mol. The first-order valence-electron chi connectivity index (χ1n) is 6.75. The number of nitrogens with zero attached hydrogens (tertiary/aromatic N) is 1. The fraction of sp³-hybridized carbons (Fsp3) is 0.357. The highest BCUT2D eigenvalue weighted by Crippen LogP contribution is 2.32. The molecule has 1 atom stereocenters. The number of likely N-dealkylation sites (N-methyl/N-ethyl adjacent to an activating group) is 1. The molecule has 0 bridgehead atoms. The Labute approximate surface area is 121 Å². The number of nitrogens with two attached hydrogens (primary N) is 1. The molecular formula is C14H16N4O3. The van der Waals surface area contributed by atoms with Crippen LogP contribution in [-0.4, -0.2) is 35.7 Å². The molecule has 1 unspecified atom stereocenters. The Bertz CT molecular complexity index is 656. The van der Waals surface area contributed by atoms with Gasteiger partial charge in [0.05, 0.1) is 17.8 Å². The smallest absolute Gasteiger partial charge is 0.251 e. The third-order valence-corrected chi connectivity index (χ3v) is 3.88. The van der Waals surface area contributed by atoms with Crippen LogP contribution in [0.25, 0.3) is 0 Å². The van der Waals surface area contributed by atoms with Crippen LogP contribution in [0.15, 0.2) is 12.1 Å². The minimum absolute atomic E-state index is 0.0689. The molecule has 4 N–H and O–H groups in total. The van der Waals surface area contributed by atoms with Gasteiger partial charge in [0.15, 0.2) is 0 Å². The van der Waals surface area contributed by atoms with Gasteiger partial charge in [-0.15, -0.1) is 0 Å². The maximum Gasteiger partial charge on any atom is 0.251 e. The van der Waals surface area contributed by atoms with Crippen LogP contribution < -0.4 is 16.4 Å². The summed E-state index contributed by atoms with van der Waals surface area (Å²) >= 11 is 0. The van der Waals surface area contributed by atoms with Crippen LogP contribution in [0, 0.1) is 0 Å². The van der Waals surface area contributed by atoms with Crippen molar-refractivity contribution in [3.05, 3.63) is 17.7 Å². The number of rotatable bonds is 2. The second kappa shape index (κ2) is 4.76. The number of carbonyl (C=O) groups excluding carboxylic acids is 3. The van der Waals surface area contributed by atoms with E-state index in [4.69, 9.17) is 5.73 Å². The topological polar surface area (TPSA) is 105 Å². The van der Waals surface area contributed by atoms with Crippen LogP contribution in [0.2, 0.25) is 0 Å². The molecule has 7 nitrogen and oxygen atoms in total. The van der Waals surface area contributed by atoms with Crippen molar-refractivity contribution in [1.29, 1.82) is 0 Å². The number of likely N-dealkylation sites (tertiary alicyclic amines) is 1. The van der Waals surface area contributed by atoms with Gasteiger partial charge >= 0.3 is 0 Å². The summed E-state index contributed by atoms with van der Waals surface area (Å²) in [5.74, 6) is -0.511. The van der Waals surface area contributed by atoms with Gasteiger partial charge in [-0.1, -0.05) is 0 Å². The molecule has 1 saturated heterocycles. The van der Waals surface area contributed by atoms with Gasteiger partial charge in [0, 0.05) is 19.2 Å². The zero-order chi connectivity index (χ0) is 15.1. The lowest BCUT2D eigenvalue weighted by Gasteiger charge is -2.29. The van der Waals surface area contributed by atoms with E-state index in [0.29, 0.717) is 36.3 Å². The molecule has 21 heavy (non-hydrogen) atoms. The molecule has 3 rings (SSSR count). The number of nitrogen functional groups attached to an aromatic ring is 1. The molecule has 1 aromatic rings. The first kappa shape index (κ1) is 13.4. The molecule has 2 heterocycles. The lowest BCUT2D eigenvalue weighted by atomic mass is 10.0. The molecule has 7 heteroatoms. The Hall–Kier alpha value is -2.57. The van der Waals surface area contributed by atoms with Gasteiger partial charge in [0.2, 0.25) is 11.8 Å². The van der Waals surface area contributed by atoms with Gasteiger partial charge in [-0.05, 0) is 24.1 Å². The van der Waals surface area contributed by atoms with E-state index >= 15 is 0 Å². The van der Waals surface area contributed by atoms with Crippen LogP contribution in [0.5, 0.6) is 0 Å². The van der Waals surface area contributed by atoms with Crippen molar-refractivity contribution >= 4 is 34.8 Å². The predicted octanol–water partition coefficient (Wildman–Crippen LogP) is 0.323. The average Bonchev–Trinajstić information content (AvgIpc) is 2.79.